The van der Waals surface area contributed by atoms with Crippen LogP contribution in [0.5, 0.6) is 0 Å². The van der Waals surface area contributed by atoms with Crippen LogP contribution < -0.4 is 10.3 Å². The summed E-state index contributed by atoms with van der Waals surface area (Å²) in [6.07, 6.45) is 3.10. The van der Waals surface area contributed by atoms with Crippen molar-refractivity contribution in [3.05, 3.63) is 63.0 Å². The van der Waals surface area contributed by atoms with E-state index in [0.29, 0.717) is 25.9 Å². The summed E-state index contributed by atoms with van der Waals surface area (Å²) < 4.78 is 29.8. The van der Waals surface area contributed by atoms with E-state index in [0.717, 1.165) is 10.0 Å². The van der Waals surface area contributed by atoms with Crippen LogP contribution in [-0.4, -0.2) is 19.5 Å². The Kier molecular flexibility index (Phi) is 6.82. The largest absolute Gasteiger partial charge is 0.314 e. The second kappa shape index (κ2) is 8.50. The Bertz CT molecular complexity index is 898. The Morgan fingerprint density at radius 2 is 1.69 bits per heavy atom. The Morgan fingerprint density at radius 1 is 1.04 bits per heavy atom. The molecule has 2 aromatic rings. The van der Waals surface area contributed by atoms with Crippen molar-refractivity contribution in [3.8, 4) is 0 Å². The Morgan fingerprint density at radius 3 is 2.31 bits per heavy atom. The molecule has 0 spiro atoms. The zero-order chi connectivity index (χ0) is 19.4. The summed E-state index contributed by atoms with van der Waals surface area (Å²) in [5.41, 5.74) is 1.02. The van der Waals surface area contributed by atoms with Gasteiger partial charge in [-0.1, -0.05) is 32.9 Å². The summed E-state index contributed by atoms with van der Waals surface area (Å²) >= 11 is 3.34. The van der Waals surface area contributed by atoms with Crippen LogP contribution in [0, 0.1) is 0 Å². The van der Waals surface area contributed by atoms with Crippen molar-refractivity contribution in [2.75, 3.05) is 6.54 Å². The summed E-state index contributed by atoms with van der Waals surface area (Å²) in [5.74, 6) is 0. The molecule has 26 heavy (non-hydrogen) atoms. The second-order valence-corrected chi connectivity index (χ2v) is 9.94. The van der Waals surface area contributed by atoms with E-state index >= 15 is 0 Å². The topological polar surface area (TPSA) is 68.2 Å². The van der Waals surface area contributed by atoms with Crippen molar-refractivity contribution >= 4 is 26.0 Å². The van der Waals surface area contributed by atoms with Crippen LogP contribution in [0.1, 0.15) is 39.2 Å². The SMILES string of the molecule is CC(C)(C)c1ccc(S(=O)(=O)NCCCCn2cc(Br)ccc2=O)cc1. The van der Waals surface area contributed by atoms with E-state index in [1.807, 2.05) is 12.1 Å². The van der Waals surface area contributed by atoms with Crippen LogP contribution >= 0.6 is 15.9 Å². The lowest BCUT2D eigenvalue weighted by Crippen LogP contribution is -2.25. The highest BCUT2D eigenvalue weighted by molar-refractivity contribution is 9.10. The van der Waals surface area contributed by atoms with Gasteiger partial charge in [-0.15, -0.1) is 0 Å². The number of rotatable bonds is 7. The molecular weight excluding hydrogens is 416 g/mol. The highest BCUT2D eigenvalue weighted by atomic mass is 79.9. The highest BCUT2D eigenvalue weighted by Gasteiger charge is 2.17. The van der Waals surface area contributed by atoms with Crippen LogP contribution in [0.4, 0.5) is 0 Å². The quantitative estimate of drug-likeness (QED) is 0.667. The smallest absolute Gasteiger partial charge is 0.250 e. The number of sulfonamides is 1. The molecule has 7 heteroatoms. The maximum atomic E-state index is 12.4. The summed E-state index contributed by atoms with van der Waals surface area (Å²) in [6, 6.07) is 10.2. The van der Waals surface area contributed by atoms with Gasteiger partial charge in [0.2, 0.25) is 10.0 Å². The van der Waals surface area contributed by atoms with Gasteiger partial charge in [0.05, 0.1) is 4.90 Å². The predicted molar refractivity (Wildman–Crippen MR) is 108 cm³/mol. The first-order valence-electron chi connectivity index (χ1n) is 8.56. The van der Waals surface area contributed by atoms with Gasteiger partial charge in [0.25, 0.3) is 5.56 Å². The number of aromatic nitrogens is 1. The van der Waals surface area contributed by atoms with E-state index in [2.05, 4.69) is 41.4 Å². The van der Waals surface area contributed by atoms with Gasteiger partial charge in [-0.25, -0.2) is 13.1 Å². The summed E-state index contributed by atoms with van der Waals surface area (Å²) in [7, 11) is -3.51. The molecule has 1 heterocycles. The molecular formula is C19H25BrN2O3S. The van der Waals surface area contributed by atoms with Crippen molar-refractivity contribution in [1.82, 2.24) is 9.29 Å². The van der Waals surface area contributed by atoms with Gasteiger partial charge in [0.1, 0.15) is 0 Å². The molecule has 0 saturated carbocycles. The molecule has 0 aliphatic carbocycles. The summed E-state index contributed by atoms with van der Waals surface area (Å²) in [5, 5.41) is 0. The van der Waals surface area contributed by atoms with Crippen LogP contribution in [0.25, 0.3) is 0 Å². The van der Waals surface area contributed by atoms with Gasteiger partial charge in [-0.05, 0) is 57.9 Å². The predicted octanol–water partition coefficient (Wildman–Crippen LogP) is 3.67. The zero-order valence-corrected chi connectivity index (χ0v) is 17.7. The molecule has 0 fully saturated rings. The van der Waals surface area contributed by atoms with Crippen molar-refractivity contribution in [3.63, 3.8) is 0 Å². The zero-order valence-electron chi connectivity index (χ0n) is 15.3. The third-order valence-electron chi connectivity index (χ3n) is 4.10. The van der Waals surface area contributed by atoms with Crippen molar-refractivity contribution in [2.45, 2.75) is 50.5 Å². The molecule has 0 saturated heterocycles. The molecule has 0 aliphatic heterocycles. The third kappa shape index (κ3) is 5.79. The molecule has 1 aromatic heterocycles. The molecule has 0 aliphatic rings. The lowest BCUT2D eigenvalue weighted by atomic mass is 9.87. The molecule has 0 unspecified atom stereocenters. The molecule has 0 radical (unpaired) electrons. The van der Waals surface area contributed by atoms with E-state index in [9.17, 15) is 13.2 Å². The van der Waals surface area contributed by atoms with Gasteiger partial charge >= 0.3 is 0 Å². The fourth-order valence-electron chi connectivity index (χ4n) is 2.51. The fraction of sp³-hybridized carbons (Fsp3) is 0.421. The van der Waals surface area contributed by atoms with E-state index < -0.39 is 10.0 Å². The minimum absolute atomic E-state index is 0.0137. The van der Waals surface area contributed by atoms with Crippen LogP contribution in [0.2, 0.25) is 0 Å². The molecule has 1 aromatic carbocycles. The van der Waals surface area contributed by atoms with Crippen molar-refractivity contribution in [1.29, 1.82) is 0 Å². The van der Waals surface area contributed by atoms with Crippen LogP contribution in [0.3, 0.4) is 0 Å². The number of hydrogen-bond donors (Lipinski definition) is 1. The van der Waals surface area contributed by atoms with E-state index in [-0.39, 0.29) is 15.9 Å². The lowest BCUT2D eigenvalue weighted by molar-refractivity contribution is 0.561. The molecule has 0 amide bonds. The molecule has 5 nitrogen and oxygen atoms in total. The summed E-state index contributed by atoms with van der Waals surface area (Å²) in [4.78, 5) is 12.0. The number of pyridine rings is 1. The lowest BCUT2D eigenvalue weighted by Gasteiger charge is -2.19. The van der Waals surface area contributed by atoms with Gasteiger partial charge in [-0.3, -0.25) is 4.79 Å². The minimum atomic E-state index is -3.51. The number of benzene rings is 1. The minimum Gasteiger partial charge on any atom is -0.314 e. The first kappa shape index (κ1) is 20.9. The van der Waals surface area contributed by atoms with Crippen molar-refractivity contribution in [2.24, 2.45) is 0 Å². The molecule has 142 valence electrons. The van der Waals surface area contributed by atoms with Crippen LogP contribution in [-0.2, 0) is 22.0 Å². The highest BCUT2D eigenvalue weighted by Crippen LogP contribution is 2.23. The van der Waals surface area contributed by atoms with E-state index in [1.165, 1.54) is 6.07 Å². The second-order valence-electron chi connectivity index (χ2n) is 7.26. The van der Waals surface area contributed by atoms with Gasteiger partial charge in [0, 0.05) is 29.8 Å². The van der Waals surface area contributed by atoms with E-state index in [4.69, 9.17) is 0 Å². The molecule has 0 bridgehead atoms. The number of hydrogen-bond acceptors (Lipinski definition) is 3. The number of unbranched alkanes of at least 4 members (excludes halogenated alkanes) is 1. The Labute approximate surface area is 163 Å². The maximum absolute atomic E-state index is 12.4. The summed E-state index contributed by atoms with van der Waals surface area (Å²) in [6.45, 7) is 7.16. The van der Waals surface area contributed by atoms with Gasteiger partial charge in [-0.2, -0.15) is 0 Å². The maximum Gasteiger partial charge on any atom is 0.250 e. The average molecular weight is 441 g/mol. The number of aryl methyl sites for hydroxylation is 1. The molecule has 1 N–H and O–H groups in total. The average Bonchev–Trinajstić information content (AvgIpc) is 2.57. The monoisotopic (exact) mass is 440 g/mol. The van der Waals surface area contributed by atoms with Crippen LogP contribution in [0.15, 0.2) is 56.8 Å². The molecule has 2 rings (SSSR count). The Balaban J connectivity index is 1.86. The first-order chi connectivity index (χ1) is 12.1. The van der Waals surface area contributed by atoms with Gasteiger partial charge in [0.15, 0.2) is 0 Å². The normalized spacial score (nSPS) is 12.3. The number of nitrogens with zero attached hydrogens (tertiary/aromatic N) is 1. The third-order valence-corrected chi connectivity index (χ3v) is 6.04. The van der Waals surface area contributed by atoms with Gasteiger partial charge < -0.3 is 4.57 Å². The number of nitrogens with one attached hydrogen (secondary N) is 1. The number of halogens is 1. The first-order valence-corrected chi connectivity index (χ1v) is 10.8. The standard InChI is InChI=1S/C19H25BrN2O3S/c1-19(2,3)15-6-9-17(10-7-15)26(24,25)21-12-4-5-13-22-14-16(20)8-11-18(22)23/h6-11,14,21H,4-5,12-13H2,1-3H3. The molecule has 0 atom stereocenters. The van der Waals surface area contributed by atoms with E-state index in [1.54, 1.807) is 29.0 Å². The Hall–Kier alpha value is -1.44. The fourth-order valence-corrected chi connectivity index (χ4v) is 3.96. The van der Waals surface area contributed by atoms with Crippen molar-refractivity contribution < 1.29 is 8.42 Å².